The Morgan fingerprint density at radius 2 is 1.75 bits per heavy atom. The summed E-state index contributed by atoms with van der Waals surface area (Å²) in [6.07, 6.45) is 1.84. The SMILES string of the molecule is COc1cc2c(cc1O)[C@H](Cc1ccc(OC)c(OC)c1)[NH2+]CC2. The molecule has 2 aromatic rings. The molecule has 3 rings (SSSR count). The third-order valence-electron chi connectivity index (χ3n) is 4.61. The van der Waals surface area contributed by atoms with E-state index >= 15 is 0 Å². The number of benzene rings is 2. The Balaban J connectivity index is 1.89. The fraction of sp³-hybridized carbons (Fsp3) is 0.368. The Morgan fingerprint density at radius 3 is 2.46 bits per heavy atom. The lowest BCUT2D eigenvalue weighted by atomic mass is 9.90. The average molecular weight is 330 g/mol. The van der Waals surface area contributed by atoms with E-state index in [1.54, 1.807) is 21.3 Å². The molecule has 1 heterocycles. The molecule has 3 N–H and O–H groups in total. The van der Waals surface area contributed by atoms with Gasteiger partial charge in [-0.2, -0.15) is 0 Å². The summed E-state index contributed by atoms with van der Waals surface area (Å²) in [7, 11) is 4.87. The summed E-state index contributed by atoms with van der Waals surface area (Å²) in [5, 5.41) is 12.4. The Morgan fingerprint density at radius 1 is 1.00 bits per heavy atom. The average Bonchev–Trinajstić information content (AvgIpc) is 2.61. The second-order valence-corrected chi connectivity index (χ2v) is 6.00. The van der Waals surface area contributed by atoms with E-state index in [-0.39, 0.29) is 11.8 Å². The van der Waals surface area contributed by atoms with Crippen LogP contribution in [-0.2, 0) is 12.8 Å². The molecular formula is C19H24NO4+. The predicted molar refractivity (Wildman–Crippen MR) is 91.1 cm³/mol. The first-order valence-electron chi connectivity index (χ1n) is 8.10. The van der Waals surface area contributed by atoms with E-state index in [0.717, 1.165) is 30.9 Å². The highest BCUT2D eigenvalue weighted by Gasteiger charge is 2.26. The molecule has 1 aliphatic rings. The molecule has 24 heavy (non-hydrogen) atoms. The minimum absolute atomic E-state index is 0.198. The van der Waals surface area contributed by atoms with Gasteiger partial charge in [-0.3, -0.25) is 0 Å². The molecule has 0 saturated heterocycles. The minimum atomic E-state index is 0.198. The van der Waals surface area contributed by atoms with Crippen molar-refractivity contribution in [2.45, 2.75) is 18.9 Å². The highest BCUT2D eigenvalue weighted by molar-refractivity contribution is 5.48. The molecule has 128 valence electrons. The molecule has 0 aliphatic carbocycles. The lowest BCUT2D eigenvalue weighted by Crippen LogP contribution is -2.87. The Kier molecular flexibility index (Phi) is 4.81. The first-order chi connectivity index (χ1) is 11.7. The summed E-state index contributed by atoms with van der Waals surface area (Å²) in [6, 6.07) is 10.1. The van der Waals surface area contributed by atoms with Crippen LogP contribution in [0.3, 0.4) is 0 Å². The van der Waals surface area contributed by atoms with Crippen molar-refractivity contribution in [3.05, 3.63) is 47.0 Å². The lowest BCUT2D eigenvalue weighted by Gasteiger charge is -2.25. The molecule has 0 bridgehead atoms. The van der Waals surface area contributed by atoms with Crippen molar-refractivity contribution in [2.24, 2.45) is 0 Å². The fourth-order valence-corrected chi connectivity index (χ4v) is 3.37. The van der Waals surface area contributed by atoms with Crippen molar-refractivity contribution in [1.82, 2.24) is 0 Å². The number of ether oxygens (including phenoxy) is 3. The van der Waals surface area contributed by atoms with Gasteiger partial charge in [-0.1, -0.05) is 6.07 Å². The second-order valence-electron chi connectivity index (χ2n) is 6.00. The van der Waals surface area contributed by atoms with Gasteiger partial charge in [-0.25, -0.2) is 0 Å². The number of phenols is 1. The van der Waals surface area contributed by atoms with E-state index in [4.69, 9.17) is 14.2 Å². The summed E-state index contributed by atoms with van der Waals surface area (Å²) < 4.78 is 15.9. The maximum Gasteiger partial charge on any atom is 0.160 e. The smallest absolute Gasteiger partial charge is 0.160 e. The summed E-state index contributed by atoms with van der Waals surface area (Å²) in [4.78, 5) is 0. The van der Waals surface area contributed by atoms with Crippen LogP contribution in [0.2, 0.25) is 0 Å². The molecule has 0 fully saturated rings. The third kappa shape index (κ3) is 3.12. The van der Waals surface area contributed by atoms with Gasteiger partial charge in [0.15, 0.2) is 23.0 Å². The zero-order valence-electron chi connectivity index (χ0n) is 14.3. The molecule has 5 nitrogen and oxygen atoms in total. The van der Waals surface area contributed by atoms with Crippen LogP contribution in [0.1, 0.15) is 22.7 Å². The van der Waals surface area contributed by atoms with Crippen molar-refractivity contribution in [3.8, 4) is 23.0 Å². The van der Waals surface area contributed by atoms with Gasteiger partial charge in [0.05, 0.1) is 27.9 Å². The first-order valence-corrected chi connectivity index (χ1v) is 8.10. The Bertz CT molecular complexity index is 730. The molecular weight excluding hydrogens is 306 g/mol. The number of quaternary nitrogens is 1. The van der Waals surface area contributed by atoms with Crippen LogP contribution in [0.25, 0.3) is 0 Å². The van der Waals surface area contributed by atoms with Crippen molar-refractivity contribution < 1.29 is 24.6 Å². The highest BCUT2D eigenvalue weighted by atomic mass is 16.5. The van der Waals surface area contributed by atoms with E-state index in [2.05, 4.69) is 11.4 Å². The molecule has 0 radical (unpaired) electrons. The van der Waals surface area contributed by atoms with Gasteiger partial charge in [-0.05, 0) is 35.4 Å². The number of aromatic hydroxyl groups is 1. The quantitative estimate of drug-likeness (QED) is 0.878. The molecule has 1 aliphatic heterocycles. The van der Waals surface area contributed by atoms with Gasteiger partial charge >= 0.3 is 0 Å². The van der Waals surface area contributed by atoms with Crippen LogP contribution < -0.4 is 19.5 Å². The number of fused-ring (bicyclic) bond motifs is 1. The number of hydrogen-bond donors (Lipinski definition) is 2. The van der Waals surface area contributed by atoms with Crippen LogP contribution in [0.5, 0.6) is 23.0 Å². The van der Waals surface area contributed by atoms with Gasteiger partial charge in [-0.15, -0.1) is 0 Å². The van der Waals surface area contributed by atoms with Gasteiger partial charge < -0.3 is 24.6 Å². The molecule has 2 aromatic carbocycles. The van der Waals surface area contributed by atoms with E-state index in [1.807, 2.05) is 24.3 Å². The molecule has 0 saturated carbocycles. The zero-order valence-corrected chi connectivity index (χ0v) is 14.3. The molecule has 5 heteroatoms. The van der Waals surface area contributed by atoms with Crippen molar-refractivity contribution in [1.29, 1.82) is 0 Å². The highest BCUT2D eigenvalue weighted by Crippen LogP contribution is 2.34. The van der Waals surface area contributed by atoms with E-state index in [1.165, 1.54) is 16.7 Å². The normalized spacial score (nSPS) is 16.4. The molecule has 0 aromatic heterocycles. The fourth-order valence-electron chi connectivity index (χ4n) is 3.37. The number of rotatable bonds is 5. The van der Waals surface area contributed by atoms with Gasteiger partial charge in [0, 0.05) is 18.4 Å². The zero-order chi connectivity index (χ0) is 17.1. The van der Waals surface area contributed by atoms with Crippen molar-refractivity contribution >= 4 is 0 Å². The molecule has 0 spiro atoms. The van der Waals surface area contributed by atoms with Gasteiger partial charge in [0.1, 0.15) is 6.04 Å². The minimum Gasteiger partial charge on any atom is -0.504 e. The molecule has 0 unspecified atom stereocenters. The summed E-state index contributed by atoms with van der Waals surface area (Å²) >= 11 is 0. The Hall–Kier alpha value is -2.40. The van der Waals surface area contributed by atoms with Crippen molar-refractivity contribution in [3.63, 3.8) is 0 Å². The standard InChI is InChI=1S/C19H23NO4/c1-22-17-5-4-12(9-19(17)24-3)8-15-14-11-16(21)18(23-2)10-13(14)6-7-20-15/h4-5,9-11,15,20-21H,6-8H2,1-3H3/p+1/t15-/m0/s1. The van der Waals surface area contributed by atoms with Crippen LogP contribution >= 0.6 is 0 Å². The van der Waals surface area contributed by atoms with Crippen LogP contribution in [0.15, 0.2) is 30.3 Å². The number of phenolic OH excluding ortho intramolecular Hbond substituents is 1. The monoisotopic (exact) mass is 330 g/mol. The summed E-state index contributed by atoms with van der Waals surface area (Å²) in [5.74, 6) is 2.21. The van der Waals surface area contributed by atoms with Crippen molar-refractivity contribution in [2.75, 3.05) is 27.9 Å². The maximum absolute atomic E-state index is 10.1. The number of methoxy groups -OCH3 is 3. The predicted octanol–water partition coefficient (Wildman–Crippen LogP) is 1.82. The largest absolute Gasteiger partial charge is 0.504 e. The van der Waals surface area contributed by atoms with E-state index < -0.39 is 0 Å². The maximum atomic E-state index is 10.1. The summed E-state index contributed by atoms with van der Waals surface area (Å²) in [6.45, 7) is 1.03. The van der Waals surface area contributed by atoms with Gasteiger partial charge in [0.2, 0.25) is 0 Å². The second kappa shape index (κ2) is 7.01. The third-order valence-corrected chi connectivity index (χ3v) is 4.61. The van der Waals surface area contributed by atoms with Gasteiger partial charge in [0.25, 0.3) is 0 Å². The first kappa shape index (κ1) is 16.5. The molecule has 1 atom stereocenters. The topological polar surface area (TPSA) is 64.5 Å². The number of hydrogen-bond acceptors (Lipinski definition) is 4. The van der Waals surface area contributed by atoms with Crippen LogP contribution in [-0.4, -0.2) is 33.0 Å². The lowest BCUT2D eigenvalue weighted by molar-refractivity contribution is -0.698. The Labute approximate surface area is 142 Å². The van der Waals surface area contributed by atoms with E-state index in [0.29, 0.717) is 5.75 Å². The van der Waals surface area contributed by atoms with E-state index in [9.17, 15) is 5.11 Å². The number of nitrogens with two attached hydrogens (primary N) is 1. The van der Waals surface area contributed by atoms with Crippen LogP contribution in [0, 0.1) is 0 Å². The van der Waals surface area contributed by atoms with Crippen LogP contribution in [0.4, 0.5) is 0 Å². The molecule has 0 amide bonds. The summed E-state index contributed by atoms with van der Waals surface area (Å²) in [5.41, 5.74) is 3.60.